The molecule has 2 aliphatic heterocycles. The predicted molar refractivity (Wildman–Crippen MR) is 92.9 cm³/mol. The summed E-state index contributed by atoms with van der Waals surface area (Å²) < 4.78 is 13.0. The van der Waals surface area contributed by atoms with E-state index in [0.717, 1.165) is 45.3 Å². The van der Waals surface area contributed by atoms with Gasteiger partial charge in [-0.05, 0) is 56.5 Å². The maximum Gasteiger partial charge on any atom is 0.226 e. The van der Waals surface area contributed by atoms with Crippen LogP contribution in [0.3, 0.4) is 0 Å². The third-order valence-electron chi connectivity index (χ3n) is 4.88. The van der Waals surface area contributed by atoms with Crippen molar-refractivity contribution < 1.29 is 14.0 Å². The number of carbonyl (C=O) groups excluding carboxylic acids is 2. The number of likely N-dealkylation sites (tertiary alicyclic amines) is 1. The molecular weight excluding hydrogens is 331 g/mol. The SMILES string of the molecule is Cl.O=C(c1ccc(F)cc1)C1CCCN(C(=O)C2CCCNC2)C1. The van der Waals surface area contributed by atoms with Gasteiger partial charge in [0.15, 0.2) is 5.78 Å². The van der Waals surface area contributed by atoms with Crippen molar-refractivity contribution in [2.24, 2.45) is 11.8 Å². The lowest BCUT2D eigenvalue weighted by Crippen LogP contribution is -2.48. The van der Waals surface area contributed by atoms with Gasteiger partial charge in [-0.3, -0.25) is 9.59 Å². The molecule has 1 N–H and O–H groups in total. The molecule has 132 valence electrons. The maximum absolute atomic E-state index is 13.0. The van der Waals surface area contributed by atoms with Crippen LogP contribution in [0.25, 0.3) is 0 Å². The van der Waals surface area contributed by atoms with E-state index < -0.39 is 0 Å². The zero-order valence-electron chi connectivity index (χ0n) is 13.7. The first-order chi connectivity index (χ1) is 11.1. The molecule has 1 amide bonds. The maximum atomic E-state index is 13.0. The van der Waals surface area contributed by atoms with Gasteiger partial charge in [0, 0.05) is 31.1 Å². The van der Waals surface area contributed by atoms with Crippen molar-refractivity contribution in [1.82, 2.24) is 10.2 Å². The molecule has 0 bridgehead atoms. The van der Waals surface area contributed by atoms with Crippen LogP contribution in [0.15, 0.2) is 24.3 Å². The van der Waals surface area contributed by atoms with Crippen molar-refractivity contribution in [2.75, 3.05) is 26.2 Å². The van der Waals surface area contributed by atoms with Crippen LogP contribution in [0.5, 0.6) is 0 Å². The first-order valence-electron chi connectivity index (χ1n) is 8.44. The van der Waals surface area contributed by atoms with Crippen LogP contribution in [0, 0.1) is 17.7 Å². The molecule has 2 atom stereocenters. The molecule has 0 radical (unpaired) electrons. The van der Waals surface area contributed by atoms with Crippen LogP contribution in [0.2, 0.25) is 0 Å². The predicted octanol–water partition coefficient (Wildman–Crippen LogP) is 2.67. The third kappa shape index (κ3) is 4.33. The summed E-state index contributed by atoms with van der Waals surface area (Å²) in [7, 11) is 0. The minimum Gasteiger partial charge on any atom is -0.342 e. The first-order valence-corrected chi connectivity index (χ1v) is 8.44. The largest absolute Gasteiger partial charge is 0.342 e. The molecule has 2 saturated heterocycles. The van der Waals surface area contributed by atoms with E-state index in [1.54, 1.807) is 0 Å². The van der Waals surface area contributed by atoms with Gasteiger partial charge in [0.2, 0.25) is 5.91 Å². The molecule has 2 aliphatic rings. The number of amides is 1. The fourth-order valence-electron chi connectivity index (χ4n) is 3.56. The van der Waals surface area contributed by atoms with Crippen molar-refractivity contribution in [2.45, 2.75) is 25.7 Å². The molecule has 1 aromatic rings. The molecule has 2 heterocycles. The number of halogens is 2. The van der Waals surface area contributed by atoms with Gasteiger partial charge in [0.25, 0.3) is 0 Å². The number of nitrogens with one attached hydrogen (secondary N) is 1. The monoisotopic (exact) mass is 354 g/mol. The Morgan fingerprint density at radius 1 is 1.08 bits per heavy atom. The number of rotatable bonds is 3. The van der Waals surface area contributed by atoms with Crippen LogP contribution in [-0.4, -0.2) is 42.8 Å². The molecule has 0 aliphatic carbocycles. The molecule has 2 unspecified atom stereocenters. The number of Topliss-reactive ketones (excluding diaryl/α,β-unsaturated/α-hetero) is 1. The average Bonchev–Trinajstić information content (AvgIpc) is 2.62. The summed E-state index contributed by atoms with van der Waals surface area (Å²) in [5, 5.41) is 3.27. The van der Waals surface area contributed by atoms with Crippen LogP contribution in [0.4, 0.5) is 4.39 Å². The molecule has 6 heteroatoms. The number of carbonyl (C=O) groups is 2. The normalized spacial score (nSPS) is 24.1. The summed E-state index contributed by atoms with van der Waals surface area (Å²) in [5.74, 6) is -0.275. The number of hydrogen-bond acceptors (Lipinski definition) is 3. The summed E-state index contributed by atoms with van der Waals surface area (Å²) in [6.45, 7) is 2.95. The molecule has 1 aromatic carbocycles. The van der Waals surface area contributed by atoms with Gasteiger partial charge in [0.05, 0.1) is 5.92 Å². The summed E-state index contributed by atoms with van der Waals surface area (Å²) in [5.41, 5.74) is 0.532. The third-order valence-corrected chi connectivity index (χ3v) is 4.88. The van der Waals surface area contributed by atoms with Crippen molar-refractivity contribution in [3.05, 3.63) is 35.6 Å². The van der Waals surface area contributed by atoms with E-state index in [2.05, 4.69) is 5.32 Å². The molecule has 24 heavy (non-hydrogen) atoms. The van der Waals surface area contributed by atoms with E-state index in [1.165, 1.54) is 24.3 Å². The van der Waals surface area contributed by atoms with Gasteiger partial charge in [-0.25, -0.2) is 4.39 Å². The molecule has 0 saturated carbocycles. The minimum atomic E-state index is -0.341. The summed E-state index contributed by atoms with van der Waals surface area (Å²) >= 11 is 0. The molecule has 2 fully saturated rings. The number of nitrogens with zero attached hydrogens (tertiary/aromatic N) is 1. The van der Waals surface area contributed by atoms with Crippen LogP contribution < -0.4 is 5.32 Å². The van der Waals surface area contributed by atoms with E-state index in [4.69, 9.17) is 0 Å². The Morgan fingerprint density at radius 3 is 2.46 bits per heavy atom. The number of hydrogen-bond donors (Lipinski definition) is 1. The molecular formula is C18H24ClFN2O2. The number of piperidine rings is 2. The van der Waals surface area contributed by atoms with Crippen molar-refractivity contribution in [3.8, 4) is 0 Å². The van der Waals surface area contributed by atoms with Gasteiger partial charge < -0.3 is 10.2 Å². The second kappa shape index (κ2) is 8.58. The topological polar surface area (TPSA) is 49.4 Å². The first kappa shape index (κ1) is 18.9. The van der Waals surface area contributed by atoms with Gasteiger partial charge in [-0.15, -0.1) is 12.4 Å². The fourth-order valence-corrected chi connectivity index (χ4v) is 3.56. The lowest BCUT2D eigenvalue weighted by Gasteiger charge is -2.35. The molecule has 0 aromatic heterocycles. The van der Waals surface area contributed by atoms with E-state index in [0.29, 0.717) is 12.1 Å². The standard InChI is InChI=1S/C18H23FN2O2.ClH/c19-16-7-5-13(6-8-16)17(22)15-4-2-10-21(12-15)18(23)14-3-1-9-20-11-14;/h5-8,14-15,20H,1-4,9-12H2;1H. The molecule has 0 spiro atoms. The Balaban J connectivity index is 0.00000208. The highest BCUT2D eigenvalue weighted by Gasteiger charge is 2.32. The van der Waals surface area contributed by atoms with Crippen LogP contribution >= 0.6 is 12.4 Å². The lowest BCUT2D eigenvalue weighted by atomic mass is 9.88. The van der Waals surface area contributed by atoms with Crippen LogP contribution in [0.1, 0.15) is 36.0 Å². The van der Waals surface area contributed by atoms with Gasteiger partial charge in [0.1, 0.15) is 5.82 Å². The van der Waals surface area contributed by atoms with E-state index in [1.807, 2.05) is 4.90 Å². The van der Waals surface area contributed by atoms with Crippen LogP contribution in [-0.2, 0) is 4.79 Å². The van der Waals surface area contributed by atoms with Gasteiger partial charge >= 0.3 is 0 Å². The Kier molecular flexibility index (Phi) is 6.75. The molecule has 3 rings (SSSR count). The second-order valence-electron chi connectivity index (χ2n) is 6.54. The highest BCUT2D eigenvalue weighted by molar-refractivity contribution is 5.98. The fraction of sp³-hybridized carbons (Fsp3) is 0.556. The Labute approximate surface area is 148 Å². The highest BCUT2D eigenvalue weighted by Crippen LogP contribution is 2.24. The average molecular weight is 355 g/mol. The van der Waals surface area contributed by atoms with Crippen molar-refractivity contribution >= 4 is 24.1 Å². The van der Waals surface area contributed by atoms with Gasteiger partial charge in [-0.1, -0.05) is 0 Å². The second-order valence-corrected chi connectivity index (χ2v) is 6.54. The minimum absolute atomic E-state index is 0. The Bertz CT molecular complexity index is 573. The zero-order valence-corrected chi connectivity index (χ0v) is 14.5. The van der Waals surface area contributed by atoms with Crippen molar-refractivity contribution in [3.63, 3.8) is 0 Å². The summed E-state index contributed by atoms with van der Waals surface area (Å²) in [6.07, 6.45) is 3.60. The highest BCUT2D eigenvalue weighted by atomic mass is 35.5. The quantitative estimate of drug-likeness (QED) is 0.849. The van der Waals surface area contributed by atoms with E-state index in [9.17, 15) is 14.0 Å². The Morgan fingerprint density at radius 2 is 1.79 bits per heavy atom. The lowest BCUT2D eigenvalue weighted by molar-refractivity contribution is -0.137. The van der Waals surface area contributed by atoms with E-state index >= 15 is 0 Å². The summed E-state index contributed by atoms with van der Waals surface area (Å²) in [4.78, 5) is 27.1. The van der Waals surface area contributed by atoms with E-state index in [-0.39, 0.29) is 41.8 Å². The zero-order chi connectivity index (χ0) is 16.2. The van der Waals surface area contributed by atoms with Gasteiger partial charge in [-0.2, -0.15) is 0 Å². The number of ketones is 1. The van der Waals surface area contributed by atoms with Crippen molar-refractivity contribution in [1.29, 1.82) is 0 Å². The molecule has 4 nitrogen and oxygen atoms in total. The Hall–Kier alpha value is -1.46. The smallest absolute Gasteiger partial charge is 0.226 e. The summed E-state index contributed by atoms with van der Waals surface area (Å²) in [6, 6.07) is 5.69. The number of benzene rings is 1.